The van der Waals surface area contributed by atoms with Gasteiger partial charge in [0.2, 0.25) is 0 Å². The lowest BCUT2D eigenvalue weighted by Crippen LogP contribution is -2.12. The Bertz CT molecular complexity index is 1230. The van der Waals surface area contributed by atoms with Gasteiger partial charge in [0.1, 0.15) is 12.1 Å². The van der Waals surface area contributed by atoms with Crippen molar-refractivity contribution in [2.45, 2.75) is 33.2 Å². The van der Waals surface area contributed by atoms with E-state index in [4.69, 9.17) is 10.8 Å². The number of nitrogen functional groups attached to an aromatic ring is 1. The van der Waals surface area contributed by atoms with Gasteiger partial charge in [0.05, 0.1) is 11.1 Å². The number of carbonyl (C=O) groups is 1. The normalized spacial score (nSPS) is 11.2. The van der Waals surface area contributed by atoms with Gasteiger partial charge < -0.3 is 11.1 Å². The van der Waals surface area contributed by atoms with Gasteiger partial charge in [-0.2, -0.15) is 5.10 Å². The van der Waals surface area contributed by atoms with Crippen LogP contribution in [0.1, 0.15) is 47.1 Å². The second-order valence-corrected chi connectivity index (χ2v) is 7.64. The number of aromatic nitrogens is 4. The maximum atomic E-state index is 12.6. The highest BCUT2D eigenvalue weighted by Crippen LogP contribution is 2.26. The molecule has 0 aliphatic heterocycles. The number of benzene rings is 2. The number of nitrogens with two attached hydrogens (primary N) is 1. The first-order valence-corrected chi connectivity index (χ1v) is 9.87. The average molecular weight is 400 g/mol. The molecule has 30 heavy (non-hydrogen) atoms. The second kappa shape index (κ2) is 7.94. The molecule has 0 aliphatic carbocycles. The Labute approximate surface area is 175 Å². The minimum absolute atomic E-state index is 0.136. The Kier molecular flexibility index (Phi) is 5.18. The van der Waals surface area contributed by atoms with Crippen molar-refractivity contribution >= 4 is 28.4 Å². The van der Waals surface area contributed by atoms with E-state index in [1.165, 1.54) is 6.33 Å². The van der Waals surface area contributed by atoms with Gasteiger partial charge in [-0.15, -0.1) is 0 Å². The summed E-state index contributed by atoms with van der Waals surface area (Å²) in [6.45, 7) is 6.07. The van der Waals surface area contributed by atoms with Crippen LogP contribution in [0.2, 0.25) is 0 Å². The number of rotatable bonds is 5. The van der Waals surface area contributed by atoms with Crippen LogP contribution in [-0.4, -0.2) is 25.7 Å². The molecule has 2 aromatic carbocycles. The van der Waals surface area contributed by atoms with E-state index in [-0.39, 0.29) is 11.9 Å². The van der Waals surface area contributed by atoms with Crippen molar-refractivity contribution < 1.29 is 4.79 Å². The summed E-state index contributed by atoms with van der Waals surface area (Å²) in [5.41, 5.74) is 11.1. The van der Waals surface area contributed by atoms with Gasteiger partial charge in [-0.25, -0.2) is 14.6 Å². The number of nitrogens with one attached hydrogen (secondary N) is 1. The van der Waals surface area contributed by atoms with Crippen molar-refractivity contribution in [3.05, 3.63) is 77.2 Å². The Balaban J connectivity index is 1.62. The zero-order valence-corrected chi connectivity index (χ0v) is 17.3. The van der Waals surface area contributed by atoms with E-state index in [1.54, 1.807) is 6.07 Å². The van der Waals surface area contributed by atoms with Crippen LogP contribution in [0.3, 0.4) is 0 Å². The SMILES string of the molecule is Cc1cccc(C(=O)Nc2cccc(Cc3nn(C(C)C)c4ncnc(N)c34)c2)c1. The molecule has 0 unspecified atom stereocenters. The van der Waals surface area contributed by atoms with Crippen molar-refractivity contribution in [2.24, 2.45) is 0 Å². The Hall–Kier alpha value is -3.74. The molecule has 7 heteroatoms. The third kappa shape index (κ3) is 3.87. The molecular weight excluding hydrogens is 376 g/mol. The van der Waals surface area contributed by atoms with Crippen molar-refractivity contribution in [1.29, 1.82) is 0 Å². The summed E-state index contributed by atoms with van der Waals surface area (Å²) in [5, 5.41) is 8.49. The minimum atomic E-state index is -0.136. The molecule has 0 saturated carbocycles. The molecule has 0 fully saturated rings. The quantitative estimate of drug-likeness (QED) is 0.524. The Morgan fingerprint density at radius 2 is 1.93 bits per heavy atom. The number of hydrogen-bond acceptors (Lipinski definition) is 5. The molecule has 0 radical (unpaired) electrons. The fraction of sp³-hybridized carbons (Fsp3) is 0.217. The van der Waals surface area contributed by atoms with E-state index in [1.807, 2.05) is 54.1 Å². The number of hydrogen-bond donors (Lipinski definition) is 2. The minimum Gasteiger partial charge on any atom is -0.383 e. The number of nitrogens with zero attached hydrogens (tertiary/aromatic N) is 4. The number of carbonyl (C=O) groups excluding carboxylic acids is 1. The maximum Gasteiger partial charge on any atom is 0.255 e. The lowest BCUT2D eigenvalue weighted by molar-refractivity contribution is 0.102. The van der Waals surface area contributed by atoms with Crippen molar-refractivity contribution in [3.63, 3.8) is 0 Å². The third-order valence-electron chi connectivity index (χ3n) is 4.92. The summed E-state index contributed by atoms with van der Waals surface area (Å²) < 4.78 is 1.87. The van der Waals surface area contributed by atoms with Crippen molar-refractivity contribution in [1.82, 2.24) is 19.7 Å². The first kappa shape index (κ1) is 19.6. The van der Waals surface area contributed by atoms with E-state index in [0.29, 0.717) is 17.8 Å². The van der Waals surface area contributed by atoms with Crippen molar-refractivity contribution in [3.8, 4) is 0 Å². The van der Waals surface area contributed by atoms with Gasteiger partial charge in [-0.1, -0.05) is 29.8 Å². The Morgan fingerprint density at radius 3 is 2.70 bits per heavy atom. The lowest BCUT2D eigenvalue weighted by Gasteiger charge is -2.08. The summed E-state index contributed by atoms with van der Waals surface area (Å²) >= 11 is 0. The first-order chi connectivity index (χ1) is 14.4. The molecule has 2 heterocycles. The summed E-state index contributed by atoms with van der Waals surface area (Å²) in [6.07, 6.45) is 2.02. The predicted molar refractivity (Wildman–Crippen MR) is 119 cm³/mol. The van der Waals surface area contributed by atoms with Gasteiger partial charge in [0.25, 0.3) is 5.91 Å². The van der Waals surface area contributed by atoms with E-state index in [2.05, 4.69) is 29.1 Å². The molecule has 3 N–H and O–H groups in total. The molecule has 0 saturated heterocycles. The molecule has 0 spiro atoms. The molecular formula is C23H24N6O. The van der Waals surface area contributed by atoms with Crippen molar-refractivity contribution in [2.75, 3.05) is 11.1 Å². The van der Waals surface area contributed by atoms with Crippen LogP contribution in [-0.2, 0) is 6.42 Å². The average Bonchev–Trinajstić information content (AvgIpc) is 3.08. The van der Waals surface area contributed by atoms with Crippen LogP contribution < -0.4 is 11.1 Å². The van der Waals surface area contributed by atoms with E-state index in [9.17, 15) is 4.79 Å². The smallest absolute Gasteiger partial charge is 0.255 e. The molecule has 0 atom stereocenters. The monoisotopic (exact) mass is 400 g/mol. The van der Waals surface area contributed by atoms with Crippen LogP contribution in [0.5, 0.6) is 0 Å². The zero-order valence-electron chi connectivity index (χ0n) is 17.3. The van der Waals surface area contributed by atoms with Gasteiger partial charge >= 0.3 is 0 Å². The van der Waals surface area contributed by atoms with Crippen LogP contribution >= 0.6 is 0 Å². The van der Waals surface area contributed by atoms with Crippen LogP contribution in [0.4, 0.5) is 11.5 Å². The largest absolute Gasteiger partial charge is 0.383 e. The molecule has 7 nitrogen and oxygen atoms in total. The standard InChI is InChI=1S/C23H24N6O/c1-14(2)29-22-20(21(24)25-13-26-22)19(28-29)12-16-7-5-9-18(11-16)27-23(30)17-8-4-6-15(3)10-17/h4-11,13-14H,12H2,1-3H3,(H,27,30)(H2,24,25,26). The molecule has 2 aromatic heterocycles. The summed E-state index contributed by atoms with van der Waals surface area (Å²) in [6, 6.07) is 15.4. The highest BCUT2D eigenvalue weighted by atomic mass is 16.1. The number of anilines is 2. The van der Waals surface area contributed by atoms with Crippen LogP contribution in [0.25, 0.3) is 11.0 Å². The lowest BCUT2D eigenvalue weighted by atomic mass is 10.1. The molecule has 4 rings (SSSR count). The van der Waals surface area contributed by atoms with Gasteiger partial charge in [-0.05, 0) is 50.6 Å². The van der Waals surface area contributed by atoms with Gasteiger partial charge in [0, 0.05) is 23.7 Å². The van der Waals surface area contributed by atoms with E-state index >= 15 is 0 Å². The van der Waals surface area contributed by atoms with Crippen LogP contribution in [0, 0.1) is 6.92 Å². The fourth-order valence-corrected chi connectivity index (χ4v) is 3.49. The topological polar surface area (TPSA) is 98.7 Å². The number of fused-ring (bicyclic) bond motifs is 1. The van der Waals surface area contributed by atoms with Gasteiger partial charge in [0.15, 0.2) is 5.65 Å². The highest BCUT2D eigenvalue weighted by Gasteiger charge is 2.17. The molecule has 4 aromatic rings. The molecule has 1 amide bonds. The molecule has 152 valence electrons. The predicted octanol–water partition coefficient (Wildman–Crippen LogP) is 4.14. The zero-order chi connectivity index (χ0) is 21.3. The summed E-state index contributed by atoms with van der Waals surface area (Å²) in [5.74, 6) is 0.286. The first-order valence-electron chi connectivity index (χ1n) is 9.87. The van der Waals surface area contributed by atoms with E-state index < -0.39 is 0 Å². The molecule has 0 aliphatic rings. The van der Waals surface area contributed by atoms with E-state index in [0.717, 1.165) is 33.5 Å². The third-order valence-corrected chi connectivity index (χ3v) is 4.92. The number of amides is 1. The van der Waals surface area contributed by atoms with Crippen LogP contribution in [0.15, 0.2) is 54.9 Å². The second-order valence-electron chi connectivity index (χ2n) is 7.64. The van der Waals surface area contributed by atoms with Gasteiger partial charge in [-0.3, -0.25) is 4.79 Å². The highest BCUT2D eigenvalue weighted by molar-refractivity contribution is 6.04. The summed E-state index contributed by atoms with van der Waals surface area (Å²) in [4.78, 5) is 21.1. The molecule has 0 bridgehead atoms. The number of aryl methyl sites for hydroxylation is 1. The Morgan fingerprint density at radius 1 is 1.13 bits per heavy atom. The maximum absolute atomic E-state index is 12.6. The fourth-order valence-electron chi connectivity index (χ4n) is 3.49. The summed E-state index contributed by atoms with van der Waals surface area (Å²) in [7, 11) is 0.